The average Bonchev–Trinajstić information content (AvgIpc) is 2.45. The Hall–Kier alpha value is -2.47. The van der Waals surface area contributed by atoms with Gasteiger partial charge in [0.05, 0.1) is 12.1 Å². The highest BCUT2D eigenvalue weighted by atomic mass is 19.1. The number of halogens is 1. The molecule has 3 N–H and O–H groups in total. The van der Waals surface area contributed by atoms with Crippen molar-refractivity contribution in [1.29, 1.82) is 0 Å². The van der Waals surface area contributed by atoms with E-state index in [0.29, 0.717) is 11.4 Å². The number of hydrogen-bond acceptors (Lipinski definition) is 3. The lowest BCUT2D eigenvalue weighted by atomic mass is 10.0. The van der Waals surface area contributed by atoms with Gasteiger partial charge in [0.2, 0.25) is 0 Å². The van der Waals surface area contributed by atoms with Crippen LogP contribution in [0.2, 0.25) is 0 Å². The number of aryl methyl sites for hydroxylation is 2. The number of carbonyl (C=O) groups excluding carboxylic acids is 1. The minimum absolute atomic E-state index is 0.375. The molecular formula is C17H20FN3O2. The van der Waals surface area contributed by atoms with Gasteiger partial charge in [-0.05, 0) is 56.2 Å². The van der Waals surface area contributed by atoms with E-state index in [9.17, 15) is 14.3 Å². The Morgan fingerprint density at radius 1 is 1.22 bits per heavy atom. The van der Waals surface area contributed by atoms with Crippen LogP contribution in [0.4, 0.5) is 15.0 Å². The second-order valence-corrected chi connectivity index (χ2v) is 5.55. The number of hydrogen-bond donors (Lipinski definition) is 3. The molecule has 0 radical (unpaired) electrons. The predicted molar refractivity (Wildman–Crippen MR) is 86.7 cm³/mol. The molecule has 0 aliphatic rings. The Labute approximate surface area is 134 Å². The first kappa shape index (κ1) is 16.9. The van der Waals surface area contributed by atoms with Gasteiger partial charge in [-0.3, -0.25) is 5.32 Å². The number of anilines is 1. The minimum atomic E-state index is -0.937. The summed E-state index contributed by atoms with van der Waals surface area (Å²) >= 11 is 0. The largest absolute Gasteiger partial charge is 0.386 e. The lowest BCUT2D eigenvalue weighted by Gasteiger charge is -2.21. The molecule has 2 atom stereocenters. The van der Waals surface area contributed by atoms with E-state index in [-0.39, 0.29) is 5.82 Å². The normalized spacial score (nSPS) is 13.3. The summed E-state index contributed by atoms with van der Waals surface area (Å²) in [5.41, 5.74) is 2.33. The number of aliphatic hydroxyl groups is 1. The molecule has 0 saturated heterocycles. The zero-order valence-electron chi connectivity index (χ0n) is 13.3. The summed E-state index contributed by atoms with van der Waals surface area (Å²) in [6.45, 7) is 5.43. The van der Waals surface area contributed by atoms with Gasteiger partial charge in [0.25, 0.3) is 0 Å². The summed E-state index contributed by atoms with van der Waals surface area (Å²) in [4.78, 5) is 16.2. The Morgan fingerprint density at radius 2 is 1.87 bits per heavy atom. The van der Waals surface area contributed by atoms with Crippen LogP contribution in [0.15, 0.2) is 36.4 Å². The van der Waals surface area contributed by atoms with Crippen LogP contribution in [0.3, 0.4) is 0 Å². The first-order valence-corrected chi connectivity index (χ1v) is 7.31. The van der Waals surface area contributed by atoms with E-state index < -0.39 is 18.2 Å². The molecular weight excluding hydrogens is 297 g/mol. The van der Waals surface area contributed by atoms with Gasteiger partial charge >= 0.3 is 6.03 Å². The summed E-state index contributed by atoms with van der Waals surface area (Å²) < 4.78 is 12.9. The number of benzene rings is 1. The van der Waals surface area contributed by atoms with E-state index in [4.69, 9.17) is 0 Å². The monoisotopic (exact) mass is 317 g/mol. The van der Waals surface area contributed by atoms with Gasteiger partial charge in [0, 0.05) is 5.69 Å². The summed E-state index contributed by atoms with van der Waals surface area (Å²) in [7, 11) is 0. The van der Waals surface area contributed by atoms with E-state index in [2.05, 4.69) is 15.6 Å². The topological polar surface area (TPSA) is 74.2 Å². The minimum Gasteiger partial charge on any atom is -0.386 e. The number of carbonyl (C=O) groups is 1. The van der Waals surface area contributed by atoms with Crippen molar-refractivity contribution in [2.45, 2.75) is 32.9 Å². The van der Waals surface area contributed by atoms with E-state index in [0.717, 1.165) is 11.3 Å². The number of pyridine rings is 1. The van der Waals surface area contributed by atoms with Gasteiger partial charge in [0.1, 0.15) is 11.6 Å². The summed E-state index contributed by atoms with van der Waals surface area (Å²) in [5.74, 6) is 0.0728. The van der Waals surface area contributed by atoms with Crippen LogP contribution in [0, 0.1) is 19.7 Å². The number of rotatable bonds is 4. The third-order valence-electron chi connectivity index (χ3n) is 3.38. The molecule has 5 nitrogen and oxygen atoms in total. The predicted octanol–water partition coefficient (Wildman–Crippen LogP) is 3.08. The Bertz CT molecular complexity index is 668. The van der Waals surface area contributed by atoms with E-state index >= 15 is 0 Å². The first-order chi connectivity index (χ1) is 10.8. The second-order valence-electron chi connectivity index (χ2n) is 5.55. The van der Waals surface area contributed by atoms with Crippen molar-refractivity contribution in [2.24, 2.45) is 0 Å². The molecule has 1 aromatic heterocycles. The lowest BCUT2D eigenvalue weighted by Crippen LogP contribution is -2.39. The molecule has 0 spiro atoms. The maximum Gasteiger partial charge on any atom is 0.320 e. The van der Waals surface area contributed by atoms with Gasteiger partial charge in [-0.1, -0.05) is 12.1 Å². The molecule has 0 aliphatic heterocycles. The molecule has 0 saturated carbocycles. The van der Waals surface area contributed by atoms with Gasteiger partial charge in [0.15, 0.2) is 0 Å². The van der Waals surface area contributed by atoms with Crippen molar-refractivity contribution >= 4 is 11.8 Å². The highest BCUT2D eigenvalue weighted by Crippen LogP contribution is 2.17. The van der Waals surface area contributed by atoms with E-state index in [1.165, 1.54) is 24.3 Å². The number of amides is 2. The number of aliphatic hydroxyl groups excluding tert-OH is 1. The summed E-state index contributed by atoms with van der Waals surface area (Å²) in [5, 5.41) is 15.5. The van der Waals surface area contributed by atoms with Crippen molar-refractivity contribution in [1.82, 2.24) is 10.3 Å². The van der Waals surface area contributed by atoms with Crippen LogP contribution in [-0.4, -0.2) is 22.2 Å². The van der Waals surface area contributed by atoms with Crippen LogP contribution in [-0.2, 0) is 0 Å². The number of aromatic nitrogens is 1. The molecule has 0 unspecified atom stereocenters. The van der Waals surface area contributed by atoms with Gasteiger partial charge in [-0.15, -0.1) is 0 Å². The molecule has 0 fully saturated rings. The number of urea groups is 1. The Kier molecular flexibility index (Phi) is 5.28. The number of nitrogens with zero attached hydrogens (tertiary/aromatic N) is 1. The maximum atomic E-state index is 12.9. The fourth-order valence-corrected chi connectivity index (χ4v) is 2.29. The van der Waals surface area contributed by atoms with Crippen LogP contribution in [0.25, 0.3) is 0 Å². The molecule has 6 heteroatoms. The molecule has 2 aromatic rings. The fourth-order valence-electron chi connectivity index (χ4n) is 2.29. The molecule has 0 aliphatic carbocycles. The van der Waals surface area contributed by atoms with Crippen molar-refractivity contribution < 1.29 is 14.3 Å². The van der Waals surface area contributed by atoms with Crippen molar-refractivity contribution in [3.05, 3.63) is 59.0 Å². The molecule has 23 heavy (non-hydrogen) atoms. The quantitative estimate of drug-likeness (QED) is 0.811. The van der Waals surface area contributed by atoms with Crippen LogP contribution < -0.4 is 10.6 Å². The fraction of sp³-hybridized carbons (Fsp3) is 0.294. The third kappa shape index (κ3) is 4.75. The van der Waals surface area contributed by atoms with Crippen LogP contribution in [0.1, 0.15) is 29.8 Å². The van der Waals surface area contributed by atoms with Crippen molar-refractivity contribution in [3.8, 4) is 0 Å². The molecule has 0 bridgehead atoms. The van der Waals surface area contributed by atoms with Gasteiger partial charge in [-0.25, -0.2) is 14.2 Å². The van der Waals surface area contributed by atoms with Crippen LogP contribution >= 0.6 is 0 Å². The Balaban J connectivity index is 1.97. The van der Waals surface area contributed by atoms with Gasteiger partial charge < -0.3 is 10.4 Å². The first-order valence-electron chi connectivity index (χ1n) is 7.31. The van der Waals surface area contributed by atoms with Crippen molar-refractivity contribution in [2.75, 3.05) is 5.32 Å². The Morgan fingerprint density at radius 3 is 2.48 bits per heavy atom. The second kappa shape index (κ2) is 7.19. The molecule has 2 rings (SSSR count). The molecule has 122 valence electrons. The average molecular weight is 317 g/mol. The van der Waals surface area contributed by atoms with Crippen molar-refractivity contribution in [3.63, 3.8) is 0 Å². The third-order valence-corrected chi connectivity index (χ3v) is 3.38. The number of nitrogens with one attached hydrogen (secondary N) is 2. The smallest absolute Gasteiger partial charge is 0.320 e. The zero-order chi connectivity index (χ0) is 17.0. The molecule has 1 heterocycles. The zero-order valence-corrected chi connectivity index (χ0v) is 13.3. The summed E-state index contributed by atoms with van der Waals surface area (Å²) in [6.07, 6.45) is -0.937. The van der Waals surface area contributed by atoms with Crippen LogP contribution in [0.5, 0.6) is 0 Å². The highest BCUT2D eigenvalue weighted by molar-refractivity contribution is 5.88. The standard InChI is InChI=1S/C17H20FN3O2/c1-10-8-11(2)19-15(9-10)21-17(23)20-12(3)16(22)13-4-6-14(18)7-5-13/h4-9,12,16,22H,1-3H3,(H2,19,20,21,23)/t12-,16-/m1/s1. The van der Waals surface area contributed by atoms with E-state index in [1.54, 1.807) is 13.0 Å². The lowest BCUT2D eigenvalue weighted by molar-refractivity contribution is 0.139. The van der Waals surface area contributed by atoms with Gasteiger partial charge in [-0.2, -0.15) is 0 Å². The SMILES string of the molecule is Cc1cc(C)nc(NC(=O)N[C@H](C)[C@@H](O)c2ccc(F)cc2)c1. The maximum absolute atomic E-state index is 12.9. The summed E-state index contributed by atoms with van der Waals surface area (Å²) in [6, 6.07) is 8.17. The molecule has 2 amide bonds. The highest BCUT2D eigenvalue weighted by Gasteiger charge is 2.18. The molecule has 1 aromatic carbocycles. The van der Waals surface area contributed by atoms with E-state index in [1.807, 2.05) is 19.9 Å².